The molecular formula is C30H33N5O7S. The van der Waals surface area contributed by atoms with Gasteiger partial charge in [-0.3, -0.25) is 14.2 Å². The second-order valence-electron chi connectivity index (χ2n) is 9.08. The number of aromatic nitrogens is 3. The van der Waals surface area contributed by atoms with Crippen LogP contribution in [0.5, 0.6) is 28.7 Å². The summed E-state index contributed by atoms with van der Waals surface area (Å²) < 4.78 is 28.9. The predicted octanol–water partition coefficient (Wildman–Crippen LogP) is 4.28. The maximum absolute atomic E-state index is 13.2. The van der Waals surface area contributed by atoms with E-state index in [0.717, 1.165) is 5.56 Å². The van der Waals surface area contributed by atoms with Gasteiger partial charge in [0.2, 0.25) is 11.7 Å². The van der Waals surface area contributed by atoms with E-state index in [4.69, 9.17) is 23.7 Å². The van der Waals surface area contributed by atoms with Gasteiger partial charge in [0.05, 0.1) is 53.5 Å². The van der Waals surface area contributed by atoms with Crippen molar-refractivity contribution in [2.75, 3.05) is 46.6 Å². The second-order valence-corrected chi connectivity index (χ2v) is 10.0. The molecule has 0 unspecified atom stereocenters. The van der Waals surface area contributed by atoms with Crippen molar-refractivity contribution in [3.63, 3.8) is 0 Å². The summed E-state index contributed by atoms with van der Waals surface area (Å²) in [7, 11) is 7.54. The van der Waals surface area contributed by atoms with Crippen LogP contribution in [0.15, 0.2) is 59.8 Å². The quantitative estimate of drug-likeness (QED) is 0.212. The molecule has 1 heterocycles. The maximum atomic E-state index is 13.2. The number of rotatable bonds is 13. The van der Waals surface area contributed by atoms with Crippen molar-refractivity contribution >= 4 is 29.3 Å². The lowest BCUT2D eigenvalue weighted by Gasteiger charge is -2.16. The number of benzene rings is 3. The summed E-state index contributed by atoms with van der Waals surface area (Å²) in [6, 6.07) is 15.9. The summed E-state index contributed by atoms with van der Waals surface area (Å²) in [6.45, 7) is 1.95. The van der Waals surface area contributed by atoms with Crippen molar-refractivity contribution in [1.82, 2.24) is 20.1 Å². The molecule has 0 saturated carbocycles. The number of carbonyl (C=O) groups is 2. The minimum Gasteiger partial charge on any atom is -0.497 e. The number of nitrogens with one attached hydrogen (secondary N) is 2. The van der Waals surface area contributed by atoms with E-state index in [1.165, 1.54) is 33.1 Å². The van der Waals surface area contributed by atoms with Gasteiger partial charge in [-0.15, -0.1) is 10.2 Å². The lowest BCUT2D eigenvalue weighted by Crippen LogP contribution is -2.25. The van der Waals surface area contributed by atoms with Gasteiger partial charge >= 0.3 is 0 Å². The molecule has 0 atom stereocenters. The second kappa shape index (κ2) is 14.3. The number of nitrogens with zero attached hydrogens (tertiary/aromatic N) is 3. The number of thioether (sulfide) groups is 1. The van der Waals surface area contributed by atoms with Crippen molar-refractivity contribution in [2.24, 2.45) is 0 Å². The Labute approximate surface area is 253 Å². The summed E-state index contributed by atoms with van der Waals surface area (Å²) in [5.74, 6) is 2.01. The fourth-order valence-electron chi connectivity index (χ4n) is 4.25. The molecule has 0 aliphatic carbocycles. The first kappa shape index (κ1) is 31.0. The molecule has 3 aromatic carbocycles. The third kappa shape index (κ3) is 7.30. The number of aryl methyl sites for hydroxylation is 1. The topological polar surface area (TPSA) is 135 Å². The summed E-state index contributed by atoms with van der Waals surface area (Å²) in [4.78, 5) is 26.0. The molecule has 2 amide bonds. The van der Waals surface area contributed by atoms with Gasteiger partial charge in [-0.2, -0.15) is 0 Å². The van der Waals surface area contributed by atoms with Crippen molar-refractivity contribution in [2.45, 2.75) is 18.6 Å². The zero-order valence-electron chi connectivity index (χ0n) is 24.7. The standard InChI is InChI=1S/C30H33N5O7S/c1-18-8-7-9-20(12-18)32-27(36)17-43-30-34-33-26(35(30)22-15-21(38-2)10-11-23(22)39-3)16-31-29(37)19-13-24(40-4)28(42-6)25(14-19)41-5/h7-15H,16-17H2,1-6H3,(H,31,37)(H,32,36). The Morgan fingerprint density at radius 1 is 0.837 bits per heavy atom. The van der Waals surface area contributed by atoms with Gasteiger partial charge in [-0.1, -0.05) is 23.9 Å². The fourth-order valence-corrected chi connectivity index (χ4v) is 5.01. The largest absolute Gasteiger partial charge is 0.497 e. The van der Waals surface area contributed by atoms with Gasteiger partial charge in [0.25, 0.3) is 5.91 Å². The van der Waals surface area contributed by atoms with E-state index in [9.17, 15) is 9.59 Å². The molecule has 1 aromatic heterocycles. The highest BCUT2D eigenvalue weighted by atomic mass is 32.2. The number of hydrogen-bond acceptors (Lipinski definition) is 10. The molecule has 2 N–H and O–H groups in total. The third-order valence-electron chi connectivity index (χ3n) is 6.30. The predicted molar refractivity (Wildman–Crippen MR) is 162 cm³/mol. The third-order valence-corrected chi connectivity index (χ3v) is 7.22. The Hall–Kier alpha value is -4.91. The monoisotopic (exact) mass is 607 g/mol. The SMILES string of the molecule is COc1ccc(OC)c(-n2c(CNC(=O)c3cc(OC)c(OC)c(OC)c3)nnc2SCC(=O)Nc2cccc(C)c2)c1. The number of ether oxygens (including phenoxy) is 5. The van der Waals surface area contributed by atoms with E-state index in [-0.39, 0.29) is 18.2 Å². The van der Waals surface area contributed by atoms with Crippen LogP contribution < -0.4 is 34.3 Å². The van der Waals surface area contributed by atoms with Gasteiger partial charge in [0.1, 0.15) is 11.5 Å². The average molecular weight is 608 g/mol. The van der Waals surface area contributed by atoms with Crippen LogP contribution in [0, 0.1) is 6.92 Å². The number of hydrogen-bond donors (Lipinski definition) is 2. The summed E-state index contributed by atoms with van der Waals surface area (Å²) >= 11 is 1.19. The number of carbonyl (C=O) groups excluding carboxylic acids is 2. The first-order valence-electron chi connectivity index (χ1n) is 13.1. The molecule has 12 nitrogen and oxygen atoms in total. The molecular weight excluding hydrogens is 574 g/mol. The Morgan fingerprint density at radius 2 is 1.56 bits per heavy atom. The van der Waals surface area contributed by atoms with E-state index in [0.29, 0.717) is 56.7 Å². The highest BCUT2D eigenvalue weighted by molar-refractivity contribution is 7.99. The van der Waals surface area contributed by atoms with E-state index in [2.05, 4.69) is 20.8 Å². The Kier molecular flexibility index (Phi) is 10.3. The van der Waals surface area contributed by atoms with Gasteiger partial charge in [0.15, 0.2) is 22.5 Å². The highest BCUT2D eigenvalue weighted by Crippen LogP contribution is 2.38. The zero-order chi connectivity index (χ0) is 30.9. The van der Waals surface area contributed by atoms with Crippen LogP contribution in [0.25, 0.3) is 5.69 Å². The van der Waals surface area contributed by atoms with Crippen LogP contribution in [0.4, 0.5) is 5.69 Å². The molecule has 4 rings (SSSR count). The molecule has 43 heavy (non-hydrogen) atoms. The van der Waals surface area contributed by atoms with E-state index in [1.54, 1.807) is 49.1 Å². The van der Waals surface area contributed by atoms with Crippen LogP contribution >= 0.6 is 11.8 Å². The number of anilines is 1. The van der Waals surface area contributed by atoms with E-state index in [1.807, 2.05) is 31.2 Å². The minimum absolute atomic E-state index is 0.00109. The Balaban J connectivity index is 1.62. The smallest absolute Gasteiger partial charge is 0.251 e. The van der Waals surface area contributed by atoms with Gasteiger partial charge < -0.3 is 34.3 Å². The van der Waals surface area contributed by atoms with E-state index >= 15 is 0 Å². The van der Waals surface area contributed by atoms with Crippen LogP contribution in [0.2, 0.25) is 0 Å². The van der Waals surface area contributed by atoms with Crippen molar-refractivity contribution in [3.05, 3.63) is 71.5 Å². The molecule has 0 radical (unpaired) electrons. The fraction of sp³-hybridized carbons (Fsp3) is 0.267. The first-order chi connectivity index (χ1) is 20.8. The normalized spacial score (nSPS) is 10.6. The molecule has 0 spiro atoms. The molecule has 0 aliphatic rings. The Bertz CT molecular complexity index is 1580. The lowest BCUT2D eigenvalue weighted by molar-refractivity contribution is -0.113. The van der Waals surface area contributed by atoms with Gasteiger partial charge in [-0.05, 0) is 48.9 Å². The van der Waals surface area contributed by atoms with Crippen molar-refractivity contribution < 1.29 is 33.3 Å². The lowest BCUT2D eigenvalue weighted by atomic mass is 10.1. The first-order valence-corrected chi connectivity index (χ1v) is 14.0. The summed E-state index contributed by atoms with van der Waals surface area (Å²) in [6.07, 6.45) is 0. The highest BCUT2D eigenvalue weighted by Gasteiger charge is 2.22. The van der Waals surface area contributed by atoms with Crippen LogP contribution in [-0.4, -0.2) is 67.9 Å². The summed E-state index contributed by atoms with van der Waals surface area (Å²) in [5, 5.41) is 14.9. The number of methoxy groups -OCH3 is 5. The molecule has 0 bridgehead atoms. The van der Waals surface area contributed by atoms with Crippen LogP contribution in [0.3, 0.4) is 0 Å². The zero-order valence-corrected chi connectivity index (χ0v) is 25.5. The molecule has 0 saturated heterocycles. The summed E-state index contributed by atoms with van der Waals surface area (Å²) in [5.41, 5.74) is 2.61. The van der Waals surface area contributed by atoms with Crippen LogP contribution in [0.1, 0.15) is 21.7 Å². The van der Waals surface area contributed by atoms with E-state index < -0.39 is 5.91 Å². The van der Waals surface area contributed by atoms with Crippen molar-refractivity contribution in [3.8, 4) is 34.4 Å². The Morgan fingerprint density at radius 3 is 2.19 bits per heavy atom. The maximum Gasteiger partial charge on any atom is 0.251 e. The minimum atomic E-state index is -0.404. The molecule has 0 fully saturated rings. The molecule has 13 heteroatoms. The average Bonchev–Trinajstić information content (AvgIpc) is 3.43. The molecule has 4 aromatic rings. The van der Waals surface area contributed by atoms with Gasteiger partial charge in [0, 0.05) is 17.3 Å². The molecule has 226 valence electrons. The number of amides is 2. The van der Waals surface area contributed by atoms with Crippen LogP contribution in [-0.2, 0) is 11.3 Å². The molecule has 0 aliphatic heterocycles. The van der Waals surface area contributed by atoms with Gasteiger partial charge in [-0.25, -0.2) is 0 Å². The van der Waals surface area contributed by atoms with Crippen molar-refractivity contribution in [1.29, 1.82) is 0 Å².